The minimum absolute atomic E-state index is 0.176. The van der Waals surface area contributed by atoms with E-state index in [-0.39, 0.29) is 12.5 Å². The summed E-state index contributed by atoms with van der Waals surface area (Å²) in [5.41, 5.74) is 2.02. The summed E-state index contributed by atoms with van der Waals surface area (Å²) in [6.07, 6.45) is 0.948. The van der Waals surface area contributed by atoms with E-state index in [1.807, 2.05) is 29.2 Å². The summed E-state index contributed by atoms with van der Waals surface area (Å²) in [7, 11) is 0. The molecule has 2 rings (SSSR count). The number of rotatable bonds is 3. The number of carbonyl (C=O) groups excluding carboxylic acids is 2. The van der Waals surface area contributed by atoms with E-state index in [9.17, 15) is 9.59 Å². The number of hydrogen-bond acceptors (Lipinski definition) is 4. The highest BCUT2D eigenvalue weighted by Gasteiger charge is 2.18. The van der Waals surface area contributed by atoms with Gasteiger partial charge in [0.25, 0.3) is 0 Å². The van der Waals surface area contributed by atoms with Crippen molar-refractivity contribution in [3.63, 3.8) is 0 Å². The lowest BCUT2D eigenvalue weighted by Gasteiger charge is -2.23. The molecule has 1 aromatic carbocycles. The summed E-state index contributed by atoms with van der Waals surface area (Å²) in [5.74, 6) is -0.298. The fourth-order valence-electron chi connectivity index (χ4n) is 2.22. The van der Waals surface area contributed by atoms with Gasteiger partial charge < -0.3 is 15.5 Å². The Morgan fingerprint density at radius 2 is 2.15 bits per heavy atom. The molecule has 108 valence electrons. The number of hydrogen-bond donors (Lipinski definition) is 3. The van der Waals surface area contributed by atoms with E-state index in [0.29, 0.717) is 6.54 Å². The topological polar surface area (TPSA) is 73.5 Å². The van der Waals surface area contributed by atoms with Crippen molar-refractivity contribution in [3.8, 4) is 0 Å². The highest BCUT2D eigenvalue weighted by atomic mass is 16.2. The first kappa shape index (κ1) is 14.2. The van der Waals surface area contributed by atoms with Crippen LogP contribution in [-0.2, 0) is 4.79 Å². The summed E-state index contributed by atoms with van der Waals surface area (Å²) in [4.78, 5) is 25.2. The highest BCUT2D eigenvalue weighted by molar-refractivity contribution is 5.96. The average Bonchev–Trinajstić information content (AvgIpc) is 2.62. The van der Waals surface area contributed by atoms with Crippen LogP contribution >= 0.6 is 0 Å². The number of para-hydroxylation sites is 2. The van der Waals surface area contributed by atoms with E-state index in [4.69, 9.17) is 0 Å². The van der Waals surface area contributed by atoms with E-state index < -0.39 is 6.03 Å². The largest absolute Gasteiger partial charge is 0.383 e. The van der Waals surface area contributed by atoms with E-state index in [1.54, 1.807) is 6.92 Å². The minimum Gasteiger partial charge on any atom is -0.383 e. The molecule has 0 bridgehead atoms. The first-order chi connectivity index (χ1) is 9.70. The van der Waals surface area contributed by atoms with Gasteiger partial charge in [-0.3, -0.25) is 10.1 Å². The van der Waals surface area contributed by atoms with Crippen LogP contribution in [0.25, 0.3) is 0 Å². The van der Waals surface area contributed by atoms with Gasteiger partial charge in [-0.25, -0.2) is 4.79 Å². The van der Waals surface area contributed by atoms with Crippen LogP contribution in [0, 0.1) is 0 Å². The van der Waals surface area contributed by atoms with Crippen LogP contribution in [0.2, 0.25) is 0 Å². The molecule has 6 nitrogen and oxygen atoms in total. The van der Waals surface area contributed by atoms with Crippen molar-refractivity contribution in [2.24, 2.45) is 0 Å². The van der Waals surface area contributed by atoms with Crippen LogP contribution < -0.4 is 20.9 Å². The monoisotopic (exact) mass is 276 g/mol. The molecule has 0 radical (unpaired) electrons. The Hall–Kier alpha value is -2.24. The molecule has 0 atom stereocenters. The number of carbonyl (C=O) groups is 2. The van der Waals surface area contributed by atoms with Gasteiger partial charge in [0.05, 0.1) is 17.9 Å². The summed E-state index contributed by atoms with van der Waals surface area (Å²) in [6.45, 7) is 4.14. The maximum Gasteiger partial charge on any atom is 0.321 e. The fraction of sp³-hybridized carbons (Fsp3) is 0.429. The predicted octanol–water partition coefficient (Wildman–Crippen LogP) is 1.15. The number of nitrogens with one attached hydrogen (secondary N) is 3. The smallest absolute Gasteiger partial charge is 0.321 e. The third-order valence-corrected chi connectivity index (χ3v) is 3.09. The van der Waals surface area contributed by atoms with Crippen LogP contribution in [0.3, 0.4) is 0 Å². The predicted molar refractivity (Wildman–Crippen MR) is 79.0 cm³/mol. The average molecular weight is 276 g/mol. The molecule has 0 aromatic heterocycles. The van der Waals surface area contributed by atoms with Gasteiger partial charge in [-0.1, -0.05) is 12.1 Å². The van der Waals surface area contributed by atoms with Crippen molar-refractivity contribution in [2.45, 2.75) is 13.3 Å². The lowest BCUT2D eigenvalue weighted by atomic mass is 10.2. The van der Waals surface area contributed by atoms with Crippen LogP contribution in [0.15, 0.2) is 24.3 Å². The lowest BCUT2D eigenvalue weighted by molar-refractivity contribution is -0.118. The Morgan fingerprint density at radius 1 is 1.35 bits per heavy atom. The van der Waals surface area contributed by atoms with Gasteiger partial charge in [0.1, 0.15) is 0 Å². The number of amides is 3. The second-order valence-electron chi connectivity index (χ2n) is 4.63. The number of fused-ring (bicyclic) bond motifs is 1. The third-order valence-electron chi connectivity index (χ3n) is 3.09. The molecule has 6 heteroatoms. The quantitative estimate of drug-likeness (QED) is 0.774. The zero-order valence-corrected chi connectivity index (χ0v) is 11.6. The van der Waals surface area contributed by atoms with Crippen LogP contribution in [0.4, 0.5) is 16.2 Å². The molecule has 0 saturated heterocycles. The SMILES string of the molecule is CCNC(=O)NC(=O)CN1CCCNc2ccccc21. The Morgan fingerprint density at radius 3 is 2.95 bits per heavy atom. The Bertz CT molecular complexity index is 490. The molecule has 0 fully saturated rings. The van der Waals surface area contributed by atoms with E-state index in [0.717, 1.165) is 30.9 Å². The molecule has 0 spiro atoms. The molecule has 0 unspecified atom stereocenters. The van der Waals surface area contributed by atoms with Crippen molar-refractivity contribution >= 4 is 23.3 Å². The molecule has 0 aliphatic carbocycles. The Labute approximate surface area is 118 Å². The highest BCUT2D eigenvalue weighted by Crippen LogP contribution is 2.27. The zero-order chi connectivity index (χ0) is 14.4. The van der Waals surface area contributed by atoms with E-state index in [1.165, 1.54) is 0 Å². The van der Waals surface area contributed by atoms with E-state index in [2.05, 4.69) is 16.0 Å². The summed E-state index contributed by atoms with van der Waals surface area (Å²) in [6, 6.07) is 7.44. The number of benzene rings is 1. The zero-order valence-electron chi connectivity index (χ0n) is 11.6. The van der Waals surface area contributed by atoms with Crippen molar-refractivity contribution in [1.82, 2.24) is 10.6 Å². The van der Waals surface area contributed by atoms with Crippen LogP contribution in [0.1, 0.15) is 13.3 Å². The molecular formula is C14H20N4O2. The second-order valence-corrected chi connectivity index (χ2v) is 4.63. The normalized spacial score (nSPS) is 13.8. The number of imide groups is 1. The van der Waals surface area contributed by atoms with Gasteiger partial charge >= 0.3 is 6.03 Å². The number of urea groups is 1. The molecule has 1 heterocycles. The van der Waals surface area contributed by atoms with Gasteiger partial charge in [-0.15, -0.1) is 0 Å². The fourth-order valence-corrected chi connectivity index (χ4v) is 2.22. The molecule has 1 aliphatic rings. The van der Waals surface area contributed by atoms with Crippen molar-refractivity contribution in [2.75, 3.05) is 36.4 Å². The first-order valence-electron chi connectivity index (χ1n) is 6.86. The summed E-state index contributed by atoms with van der Waals surface area (Å²) >= 11 is 0. The van der Waals surface area contributed by atoms with Gasteiger partial charge in [0, 0.05) is 19.6 Å². The lowest BCUT2D eigenvalue weighted by Crippen LogP contribution is -2.44. The van der Waals surface area contributed by atoms with Gasteiger partial charge in [0.2, 0.25) is 5.91 Å². The number of nitrogens with zero attached hydrogens (tertiary/aromatic N) is 1. The standard InChI is InChI=1S/C14H20N4O2/c1-2-15-14(20)17-13(19)10-18-9-5-8-16-11-6-3-4-7-12(11)18/h3-4,6-7,16H,2,5,8-10H2,1H3,(H2,15,17,19,20). The molecule has 3 N–H and O–H groups in total. The van der Waals surface area contributed by atoms with Crippen LogP contribution in [0.5, 0.6) is 0 Å². The third kappa shape index (κ3) is 3.63. The number of anilines is 2. The Kier molecular flexibility index (Phi) is 4.81. The van der Waals surface area contributed by atoms with Gasteiger partial charge in [-0.05, 0) is 25.5 Å². The van der Waals surface area contributed by atoms with Crippen LogP contribution in [-0.4, -0.2) is 38.1 Å². The molecule has 1 aromatic rings. The van der Waals surface area contributed by atoms with Crippen molar-refractivity contribution in [3.05, 3.63) is 24.3 Å². The summed E-state index contributed by atoms with van der Waals surface area (Å²) in [5, 5.41) is 8.21. The van der Waals surface area contributed by atoms with Gasteiger partial charge in [0.15, 0.2) is 0 Å². The molecule has 0 saturated carbocycles. The molecule has 20 heavy (non-hydrogen) atoms. The first-order valence-corrected chi connectivity index (χ1v) is 6.86. The van der Waals surface area contributed by atoms with Gasteiger partial charge in [-0.2, -0.15) is 0 Å². The second kappa shape index (κ2) is 6.79. The Balaban J connectivity index is 2.02. The minimum atomic E-state index is -0.446. The maximum atomic E-state index is 11.9. The molecule has 3 amide bonds. The molecule has 1 aliphatic heterocycles. The van der Waals surface area contributed by atoms with E-state index >= 15 is 0 Å². The maximum absolute atomic E-state index is 11.9. The van der Waals surface area contributed by atoms with Crippen molar-refractivity contribution < 1.29 is 9.59 Å². The molecular weight excluding hydrogens is 256 g/mol. The summed E-state index contributed by atoms with van der Waals surface area (Å²) < 4.78 is 0. The van der Waals surface area contributed by atoms with Crippen molar-refractivity contribution in [1.29, 1.82) is 0 Å².